The van der Waals surface area contributed by atoms with E-state index in [9.17, 15) is 4.79 Å². The van der Waals surface area contributed by atoms with E-state index in [0.717, 1.165) is 11.3 Å². The summed E-state index contributed by atoms with van der Waals surface area (Å²) in [4.78, 5) is 14.1. The SMILES string of the molecule is Cc1cccc(C(C)C)c1N1C(=O)CC(N)C1C. The number of benzene rings is 1. The Morgan fingerprint density at radius 2 is 2.06 bits per heavy atom. The molecule has 1 aliphatic rings. The number of hydrogen-bond acceptors (Lipinski definition) is 2. The van der Waals surface area contributed by atoms with Gasteiger partial charge in [0.25, 0.3) is 0 Å². The first-order valence-corrected chi connectivity index (χ1v) is 6.60. The van der Waals surface area contributed by atoms with Crippen LogP contribution in [-0.2, 0) is 4.79 Å². The van der Waals surface area contributed by atoms with Gasteiger partial charge in [-0.1, -0.05) is 32.0 Å². The van der Waals surface area contributed by atoms with Crippen molar-refractivity contribution in [1.29, 1.82) is 0 Å². The number of carbonyl (C=O) groups is 1. The van der Waals surface area contributed by atoms with Crippen LogP contribution in [-0.4, -0.2) is 18.0 Å². The van der Waals surface area contributed by atoms with E-state index in [-0.39, 0.29) is 18.0 Å². The van der Waals surface area contributed by atoms with Crippen LogP contribution in [0.3, 0.4) is 0 Å². The summed E-state index contributed by atoms with van der Waals surface area (Å²) in [5.41, 5.74) is 9.45. The first-order valence-electron chi connectivity index (χ1n) is 6.60. The number of amides is 1. The number of rotatable bonds is 2. The Morgan fingerprint density at radius 1 is 1.39 bits per heavy atom. The molecule has 1 aromatic rings. The lowest BCUT2D eigenvalue weighted by Crippen LogP contribution is -2.38. The van der Waals surface area contributed by atoms with Gasteiger partial charge in [-0.15, -0.1) is 0 Å². The molecule has 3 nitrogen and oxygen atoms in total. The van der Waals surface area contributed by atoms with Gasteiger partial charge in [0.05, 0.1) is 5.69 Å². The number of nitrogens with two attached hydrogens (primary N) is 1. The number of carbonyl (C=O) groups excluding carboxylic acids is 1. The highest BCUT2D eigenvalue weighted by Crippen LogP contribution is 2.35. The minimum absolute atomic E-state index is 0.0582. The van der Waals surface area contributed by atoms with Crippen molar-refractivity contribution in [3.05, 3.63) is 29.3 Å². The lowest BCUT2D eigenvalue weighted by atomic mass is 9.97. The van der Waals surface area contributed by atoms with E-state index in [1.165, 1.54) is 5.56 Å². The fourth-order valence-corrected chi connectivity index (χ4v) is 2.69. The average Bonchev–Trinajstić information content (AvgIpc) is 2.54. The molecule has 1 aromatic carbocycles. The number of aryl methyl sites for hydroxylation is 1. The molecule has 2 atom stereocenters. The molecule has 0 saturated carbocycles. The molecule has 0 spiro atoms. The maximum absolute atomic E-state index is 12.2. The zero-order valence-corrected chi connectivity index (χ0v) is 11.6. The van der Waals surface area contributed by atoms with Gasteiger partial charge < -0.3 is 10.6 Å². The number of para-hydroxylation sites is 1. The zero-order chi connectivity index (χ0) is 13.4. The van der Waals surface area contributed by atoms with Crippen molar-refractivity contribution in [2.24, 2.45) is 5.73 Å². The maximum atomic E-state index is 12.2. The normalized spacial score (nSPS) is 24.1. The minimum atomic E-state index is -0.0582. The molecule has 1 saturated heterocycles. The van der Waals surface area contributed by atoms with Gasteiger partial charge in [0.2, 0.25) is 5.91 Å². The molecule has 2 unspecified atom stereocenters. The summed E-state index contributed by atoms with van der Waals surface area (Å²) >= 11 is 0. The van der Waals surface area contributed by atoms with Crippen LogP contribution in [0.15, 0.2) is 18.2 Å². The standard InChI is InChI=1S/C15H22N2O/c1-9(2)12-7-5-6-10(3)15(12)17-11(4)13(16)8-14(17)18/h5-7,9,11,13H,8,16H2,1-4H3. The fraction of sp³-hybridized carbons (Fsp3) is 0.533. The monoisotopic (exact) mass is 246 g/mol. The lowest BCUT2D eigenvalue weighted by molar-refractivity contribution is -0.117. The molecule has 1 aliphatic heterocycles. The maximum Gasteiger partial charge on any atom is 0.228 e. The topological polar surface area (TPSA) is 46.3 Å². The summed E-state index contributed by atoms with van der Waals surface area (Å²) in [6.45, 7) is 8.41. The molecule has 0 aliphatic carbocycles. The number of hydrogen-bond donors (Lipinski definition) is 1. The van der Waals surface area contributed by atoms with Gasteiger partial charge in [0.15, 0.2) is 0 Å². The molecular formula is C15H22N2O. The Balaban J connectivity index is 2.54. The third kappa shape index (κ3) is 2.03. The first kappa shape index (κ1) is 13.1. The molecular weight excluding hydrogens is 224 g/mol. The van der Waals surface area contributed by atoms with Gasteiger partial charge in [0.1, 0.15) is 0 Å². The van der Waals surface area contributed by atoms with Crippen LogP contribution < -0.4 is 10.6 Å². The van der Waals surface area contributed by atoms with E-state index in [0.29, 0.717) is 12.3 Å². The van der Waals surface area contributed by atoms with E-state index in [1.54, 1.807) is 0 Å². The predicted molar refractivity (Wildman–Crippen MR) is 74.8 cm³/mol. The molecule has 0 aromatic heterocycles. The predicted octanol–water partition coefficient (Wildman–Crippen LogP) is 2.57. The largest absolute Gasteiger partial charge is 0.325 e. The van der Waals surface area contributed by atoms with Crippen molar-refractivity contribution in [2.45, 2.75) is 52.1 Å². The van der Waals surface area contributed by atoms with Crippen LogP contribution in [0, 0.1) is 6.92 Å². The molecule has 1 amide bonds. The number of nitrogens with zero attached hydrogens (tertiary/aromatic N) is 1. The van der Waals surface area contributed by atoms with Gasteiger partial charge in [-0.3, -0.25) is 4.79 Å². The van der Waals surface area contributed by atoms with Crippen LogP contribution in [0.4, 0.5) is 5.69 Å². The molecule has 2 rings (SSSR count). The molecule has 1 heterocycles. The molecule has 0 radical (unpaired) electrons. The molecule has 98 valence electrons. The van der Waals surface area contributed by atoms with E-state index in [1.807, 2.05) is 11.8 Å². The summed E-state index contributed by atoms with van der Waals surface area (Å²) in [6, 6.07) is 6.24. The van der Waals surface area contributed by atoms with Gasteiger partial charge in [0, 0.05) is 18.5 Å². The quantitative estimate of drug-likeness (QED) is 0.871. The summed E-state index contributed by atoms with van der Waals surface area (Å²) < 4.78 is 0. The van der Waals surface area contributed by atoms with Gasteiger partial charge in [-0.2, -0.15) is 0 Å². The minimum Gasteiger partial charge on any atom is -0.325 e. The second-order valence-corrected chi connectivity index (χ2v) is 5.54. The first-order chi connectivity index (χ1) is 8.43. The average molecular weight is 246 g/mol. The smallest absolute Gasteiger partial charge is 0.228 e. The highest BCUT2D eigenvalue weighted by atomic mass is 16.2. The van der Waals surface area contributed by atoms with Gasteiger partial charge in [-0.25, -0.2) is 0 Å². The second-order valence-electron chi connectivity index (χ2n) is 5.54. The van der Waals surface area contributed by atoms with E-state index >= 15 is 0 Å². The van der Waals surface area contributed by atoms with Gasteiger partial charge >= 0.3 is 0 Å². The van der Waals surface area contributed by atoms with Crippen molar-refractivity contribution in [1.82, 2.24) is 0 Å². The van der Waals surface area contributed by atoms with Crippen LogP contribution in [0.1, 0.15) is 44.2 Å². The van der Waals surface area contributed by atoms with Crippen molar-refractivity contribution < 1.29 is 4.79 Å². The second kappa shape index (κ2) is 4.73. The highest BCUT2D eigenvalue weighted by Gasteiger charge is 2.37. The van der Waals surface area contributed by atoms with Crippen molar-refractivity contribution in [2.75, 3.05) is 4.90 Å². The summed E-state index contributed by atoms with van der Waals surface area (Å²) in [5.74, 6) is 0.544. The molecule has 1 fully saturated rings. The van der Waals surface area contributed by atoms with E-state index in [2.05, 4.69) is 39.0 Å². The lowest BCUT2D eigenvalue weighted by Gasteiger charge is -2.28. The van der Waals surface area contributed by atoms with Crippen LogP contribution >= 0.6 is 0 Å². The Bertz CT molecular complexity index is 468. The van der Waals surface area contributed by atoms with Crippen molar-refractivity contribution in [3.63, 3.8) is 0 Å². The highest BCUT2D eigenvalue weighted by molar-refractivity contribution is 5.98. The summed E-state index contributed by atoms with van der Waals surface area (Å²) in [6.07, 6.45) is 0.451. The Labute approximate surface area is 109 Å². The third-order valence-corrected chi connectivity index (χ3v) is 3.84. The van der Waals surface area contributed by atoms with Crippen LogP contribution in [0.25, 0.3) is 0 Å². The Kier molecular flexibility index (Phi) is 3.44. The molecule has 2 N–H and O–H groups in total. The van der Waals surface area contributed by atoms with Crippen LogP contribution in [0.2, 0.25) is 0 Å². The third-order valence-electron chi connectivity index (χ3n) is 3.84. The fourth-order valence-electron chi connectivity index (χ4n) is 2.69. The Hall–Kier alpha value is -1.35. The zero-order valence-electron chi connectivity index (χ0n) is 11.6. The van der Waals surface area contributed by atoms with Crippen molar-refractivity contribution in [3.8, 4) is 0 Å². The molecule has 0 bridgehead atoms. The summed E-state index contributed by atoms with van der Waals surface area (Å²) in [7, 11) is 0. The summed E-state index contributed by atoms with van der Waals surface area (Å²) in [5, 5.41) is 0. The molecule has 3 heteroatoms. The van der Waals surface area contributed by atoms with Crippen LogP contribution in [0.5, 0.6) is 0 Å². The van der Waals surface area contributed by atoms with Gasteiger partial charge in [-0.05, 0) is 30.9 Å². The van der Waals surface area contributed by atoms with E-state index in [4.69, 9.17) is 5.73 Å². The molecule has 18 heavy (non-hydrogen) atoms. The number of anilines is 1. The Morgan fingerprint density at radius 3 is 2.56 bits per heavy atom. The van der Waals surface area contributed by atoms with E-state index < -0.39 is 0 Å². The van der Waals surface area contributed by atoms with Crippen molar-refractivity contribution >= 4 is 11.6 Å².